The van der Waals surface area contributed by atoms with E-state index in [9.17, 15) is 9.59 Å². The van der Waals surface area contributed by atoms with Crippen LogP contribution in [0.5, 0.6) is 11.5 Å². The second kappa shape index (κ2) is 9.26. The van der Waals surface area contributed by atoms with Crippen LogP contribution in [0.2, 0.25) is 0 Å². The van der Waals surface area contributed by atoms with Crippen LogP contribution in [-0.2, 0) is 17.9 Å². The maximum atomic E-state index is 12.6. The van der Waals surface area contributed by atoms with E-state index in [0.29, 0.717) is 17.3 Å². The first-order chi connectivity index (χ1) is 14.4. The lowest BCUT2D eigenvalue weighted by Crippen LogP contribution is -2.31. The number of aromatic nitrogens is 2. The highest BCUT2D eigenvalue weighted by molar-refractivity contribution is 5.91. The summed E-state index contributed by atoms with van der Waals surface area (Å²) in [6.07, 6.45) is 0. The van der Waals surface area contributed by atoms with E-state index in [0.717, 1.165) is 22.6 Å². The Morgan fingerprint density at radius 3 is 2.40 bits per heavy atom. The number of benzene rings is 2. The molecular weight excluding hydrogens is 382 g/mol. The van der Waals surface area contributed by atoms with Crippen LogP contribution in [0.1, 0.15) is 22.6 Å². The highest BCUT2D eigenvalue weighted by Gasteiger charge is 2.13. The molecule has 0 unspecified atom stereocenters. The third-order valence-corrected chi connectivity index (χ3v) is 4.60. The van der Waals surface area contributed by atoms with Gasteiger partial charge < -0.3 is 14.8 Å². The summed E-state index contributed by atoms with van der Waals surface area (Å²) in [6.45, 7) is 5.56. The largest absolute Gasteiger partial charge is 0.497 e. The smallest absolute Gasteiger partial charge is 0.254 e. The number of carbonyl (C=O) groups is 1. The molecule has 3 rings (SSSR count). The van der Waals surface area contributed by atoms with E-state index < -0.39 is 0 Å². The van der Waals surface area contributed by atoms with Gasteiger partial charge in [-0.05, 0) is 56.7 Å². The van der Waals surface area contributed by atoms with Crippen molar-refractivity contribution < 1.29 is 14.3 Å². The second-order valence-corrected chi connectivity index (χ2v) is 7.07. The molecule has 30 heavy (non-hydrogen) atoms. The summed E-state index contributed by atoms with van der Waals surface area (Å²) in [5.74, 6) is 1.40. The SMILES string of the molecule is COc1ccc(OCc2nc(C)cc(=O)n2CC(=O)Nc2ccc(C)cc2C)cc1. The van der Waals surface area contributed by atoms with E-state index in [1.807, 2.05) is 32.0 Å². The Balaban J connectivity index is 1.76. The number of methoxy groups -OCH3 is 1. The number of nitrogens with zero attached hydrogens (tertiary/aromatic N) is 2. The van der Waals surface area contributed by atoms with Crippen LogP contribution in [0, 0.1) is 20.8 Å². The molecule has 0 saturated carbocycles. The predicted octanol–water partition coefficient (Wildman–Crippen LogP) is 3.39. The molecule has 3 aromatic rings. The summed E-state index contributed by atoms with van der Waals surface area (Å²) >= 11 is 0. The number of anilines is 1. The molecule has 0 saturated heterocycles. The summed E-state index contributed by atoms with van der Waals surface area (Å²) < 4.78 is 12.2. The van der Waals surface area contributed by atoms with Crippen molar-refractivity contribution in [1.29, 1.82) is 0 Å². The van der Waals surface area contributed by atoms with Gasteiger partial charge in [0.05, 0.1) is 7.11 Å². The van der Waals surface area contributed by atoms with E-state index in [2.05, 4.69) is 10.3 Å². The lowest BCUT2D eigenvalue weighted by Gasteiger charge is -2.14. The maximum Gasteiger partial charge on any atom is 0.254 e. The van der Waals surface area contributed by atoms with Crippen molar-refractivity contribution in [3.8, 4) is 11.5 Å². The fraction of sp³-hybridized carbons (Fsp3) is 0.261. The van der Waals surface area contributed by atoms with Gasteiger partial charge in [-0.3, -0.25) is 14.2 Å². The van der Waals surface area contributed by atoms with Gasteiger partial charge in [-0.25, -0.2) is 4.98 Å². The minimum atomic E-state index is -0.305. The Morgan fingerprint density at radius 1 is 1.03 bits per heavy atom. The Hall–Kier alpha value is -3.61. The van der Waals surface area contributed by atoms with Crippen molar-refractivity contribution in [1.82, 2.24) is 9.55 Å². The fourth-order valence-electron chi connectivity index (χ4n) is 3.07. The number of aryl methyl sites for hydroxylation is 3. The molecule has 1 aromatic heterocycles. The van der Waals surface area contributed by atoms with E-state index >= 15 is 0 Å². The molecule has 2 aromatic carbocycles. The highest BCUT2D eigenvalue weighted by atomic mass is 16.5. The molecule has 7 heteroatoms. The summed E-state index contributed by atoms with van der Waals surface area (Å²) in [7, 11) is 1.59. The Labute approximate surface area is 175 Å². The van der Waals surface area contributed by atoms with Crippen LogP contribution in [0.25, 0.3) is 0 Å². The number of rotatable bonds is 7. The summed E-state index contributed by atoms with van der Waals surface area (Å²) in [5, 5.41) is 2.86. The van der Waals surface area contributed by atoms with Gasteiger partial charge in [0, 0.05) is 17.4 Å². The lowest BCUT2D eigenvalue weighted by atomic mass is 10.1. The first-order valence-corrected chi connectivity index (χ1v) is 9.57. The molecule has 7 nitrogen and oxygen atoms in total. The van der Waals surface area contributed by atoms with Crippen LogP contribution >= 0.6 is 0 Å². The van der Waals surface area contributed by atoms with Crippen LogP contribution in [0.4, 0.5) is 5.69 Å². The molecule has 1 heterocycles. The predicted molar refractivity (Wildman–Crippen MR) is 115 cm³/mol. The maximum absolute atomic E-state index is 12.6. The van der Waals surface area contributed by atoms with E-state index in [1.54, 1.807) is 38.3 Å². The van der Waals surface area contributed by atoms with Gasteiger partial charge in [0.15, 0.2) is 0 Å². The quantitative estimate of drug-likeness (QED) is 0.649. The van der Waals surface area contributed by atoms with Crippen molar-refractivity contribution >= 4 is 11.6 Å². The fourth-order valence-corrected chi connectivity index (χ4v) is 3.07. The number of hydrogen-bond donors (Lipinski definition) is 1. The molecule has 0 fully saturated rings. The number of ether oxygens (including phenoxy) is 2. The van der Waals surface area contributed by atoms with Crippen molar-refractivity contribution in [2.75, 3.05) is 12.4 Å². The molecule has 1 N–H and O–H groups in total. The highest BCUT2D eigenvalue weighted by Crippen LogP contribution is 2.18. The molecule has 0 aliphatic heterocycles. The van der Waals surface area contributed by atoms with Gasteiger partial charge in [-0.15, -0.1) is 0 Å². The minimum Gasteiger partial charge on any atom is -0.497 e. The van der Waals surface area contributed by atoms with E-state index in [-0.39, 0.29) is 24.6 Å². The third kappa shape index (κ3) is 5.26. The molecule has 0 atom stereocenters. The summed E-state index contributed by atoms with van der Waals surface area (Å²) in [4.78, 5) is 29.5. The number of carbonyl (C=O) groups excluding carboxylic acids is 1. The first kappa shape index (κ1) is 21.1. The standard InChI is InChI=1S/C23H25N3O4/c1-15-5-10-20(16(2)11-15)25-22(27)13-26-21(24-17(3)12-23(26)28)14-30-19-8-6-18(29-4)7-9-19/h5-12H,13-14H2,1-4H3,(H,25,27). The number of hydrogen-bond acceptors (Lipinski definition) is 5. The Kier molecular flexibility index (Phi) is 6.51. The third-order valence-electron chi connectivity index (χ3n) is 4.60. The van der Waals surface area contributed by atoms with E-state index in [4.69, 9.17) is 9.47 Å². The number of nitrogens with one attached hydrogen (secondary N) is 1. The Morgan fingerprint density at radius 2 is 1.73 bits per heavy atom. The molecule has 0 radical (unpaired) electrons. The average Bonchev–Trinajstić information content (AvgIpc) is 2.71. The van der Waals surface area contributed by atoms with Gasteiger partial charge >= 0.3 is 0 Å². The molecule has 0 aliphatic rings. The lowest BCUT2D eigenvalue weighted by molar-refractivity contribution is -0.116. The van der Waals surface area contributed by atoms with Gasteiger partial charge in [-0.1, -0.05) is 17.7 Å². The topological polar surface area (TPSA) is 82.5 Å². The van der Waals surface area contributed by atoms with Gasteiger partial charge in [0.25, 0.3) is 5.56 Å². The van der Waals surface area contributed by atoms with Gasteiger partial charge in [-0.2, -0.15) is 0 Å². The number of amides is 1. The zero-order valence-electron chi connectivity index (χ0n) is 17.6. The zero-order valence-corrected chi connectivity index (χ0v) is 17.6. The van der Waals surface area contributed by atoms with Crippen LogP contribution in [-0.4, -0.2) is 22.6 Å². The Bertz CT molecular complexity index is 1100. The van der Waals surface area contributed by atoms with Crippen molar-refractivity contribution in [3.63, 3.8) is 0 Å². The molecule has 0 spiro atoms. The molecule has 0 aliphatic carbocycles. The summed E-state index contributed by atoms with van der Waals surface area (Å²) in [6, 6.07) is 14.3. The first-order valence-electron chi connectivity index (χ1n) is 9.57. The van der Waals surface area contributed by atoms with Crippen LogP contribution in [0.3, 0.4) is 0 Å². The minimum absolute atomic E-state index is 0.0556. The normalized spacial score (nSPS) is 10.5. The van der Waals surface area contributed by atoms with Gasteiger partial charge in [0.1, 0.15) is 30.5 Å². The monoisotopic (exact) mass is 407 g/mol. The molecule has 156 valence electrons. The van der Waals surface area contributed by atoms with Crippen LogP contribution < -0.4 is 20.3 Å². The van der Waals surface area contributed by atoms with Crippen LogP contribution in [0.15, 0.2) is 53.3 Å². The second-order valence-electron chi connectivity index (χ2n) is 7.07. The molecule has 1 amide bonds. The van der Waals surface area contributed by atoms with Crippen molar-refractivity contribution in [3.05, 3.63) is 81.5 Å². The average molecular weight is 407 g/mol. The molecular formula is C23H25N3O4. The molecule has 0 bridgehead atoms. The van der Waals surface area contributed by atoms with E-state index in [1.165, 1.54) is 10.6 Å². The summed E-state index contributed by atoms with van der Waals surface area (Å²) in [5.41, 5.74) is 3.06. The van der Waals surface area contributed by atoms with Crippen molar-refractivity contribution in [2.45, 2.75) is 33.9 Å². The zero-order chi connectivity index (χ0) is 21.7. The van der Waals surface area contributed by atoms with Crippen molar-refractivity contribution in [2.24, 2.45) is 0 Å². The van der Waals surface area contributed by atoms with Gasteiger partial charge in [0.2, 0.25) is 5.91 Å².